The van der Waals surface area contributed by atoms with Gasteiger partial charge in [0.25, 0.3) is 5.91 Å². The number of hydrazone groups is 1. The van der Waals surface area contributed by atoms with Gasteiger partial charge in [-0.2, -0.15) is 5.10 Å². The maximum atomic E-state index is 13.5. The van der Waals surface area contributed by atoms with E-state index in [1.54, 1.807) is 12.1 Å². The summed E-state index contributed by atoms with van der Waals surface area (Å²) in [4.78, 5) is 15.5. The fourth-order valence-corrected chi connectivity index (χ4v) is 4.04. The van der Waals surface area contributed by atoms with Crippen LogP contribution >= 0.6 is 0 Å². The first-order chi connectivity index (χ1) is 14.6. The van der Waals surface area contributed by atoms with Crippen LogP contribution in [0.2, 0.25) is 0 Å². The van der Waals surface area contributed by atoms with E-state index in [2.05, 4.69) is 17.2 Å². The number of carbonyl (C=O) groups excluding carboxylic acids is 1. The molecule has 2 aliphatic rings. The van der Waals surface area contributed by atoms with Crippen molar-refractivity contribution < 1.29 is 13.9 Å². The quantitative estimate of drug-likeness (QED) is 0.618. The van der Waals surface area contributed by atoms with Crippen LogP contribution in [0.1, 0.15) is 37.2 Å². The van der Waals surface area contributed by atoms with Gasteiger partial charge in [-0.05, 0) is 55.5 Å². The lowest BCUT2D eigenvalue weighted by molar-refractivity contribution is -0.128. The van der Waals surface area contributed by atoms with Crippen molar-refractivity contribution in [3.05, 3.63) is 66.0 Å². The molecule has 2 aromatic carbocycles. The van der Waals surface area contributed by atoms with Crippen LogP contribution in [0.15, 0.2) is 59.7 Å². The fraction of sp³-hybridized carbons (Fsp3) is 0.417. The highest BCUT2D eigenvalue weighted by Crippen LogP contribution is 2.29. The normalized spacial score (nSPS) is 18.7. The van der Waals surface area contributed by atoms with Crippen molar-refractivity contribution in [3.8, 4) is 5.75 Å². The van der Waals surface area contributed by atoms with Crippen LogP contribution in [-0.4, -0.2) is 54.3 Å². The molecule has 0 bridgehead atoms. The molecule has 1 saturated carbocycles. The summed E-state index contributed by atoms with van der Waals surface area (Å²) < 4.78 is 18.7. The lowest BCUT2D eigenvalue weighted by atomic mass is 9.89. The largest absolute Gasteiger partial charge is 0.494 e. The molecule has 30 heavy (non-hydrogen) atoms. The Balaban J connectivity index is 1.40. The Morgan fingerprint density at radius 1 is 1.17 bits per heavy atom. The molecule has 6 heteroatoms. The maximum absolute atomic E-state index is 13.5. The Morgan fingerprint density at radius 3 is 2.57 bits per heavy atom. The van der Waals surface area contributed by atoms with Crippen molar-refractivity contribution in [2.45, 2.75) is 37.6 Å². The molecule has 0 N–H and O–H groups in total. The van der Waals surface area contributed by atoms with Gasteiger partial charge in [-0.3, -0.25) is 9.80 Å². The number of hydrogen-bond donors (Lipinski definition) is 0. The Kier molecular flexibility index (Phi) is 6.31. The topological polar surface area (TPSA) is 45.1 Å². The lowest BCUT2D eigenvalue weighted by Gasteiger charge is -2.38. The molecule has 1 heterocycles. The first kappa shape index (κ1) is 20.4. The second-order valence-corrected chi connectivity index (χ2v) is 8.03. The Bertz CT molecular complexity index is 881. The molecular weight excluding hydrogens is 381 g/mol. The van der Waals surface area contributed by atoms with Gasteiger partial charge in [0.1, 0.15) is 17.3 Å². The van der Waals surface area contributed by atoms with E-state index in [1.165, 1.54) is 12.1 Å². The van der Waals surface area contributed by atoms with E-state index in [9.17, 15) is 9.18 Å². The van der Waals surface area contributed by atoms with Crippen LogP contribution in [-0.2, 0) is 4.79 Å². The lowest BCUT2D eigenvalue weighted by Crippen LogP contribution is -2.48. The number of nitrogens with zero attached hydrogens (tertiary/aromatic N) is 3. The van der Waals surface area contributed by atoms with E-state index >= 15 is 0 Å². The highest BCUT2D eigenvalue weighted by atomic mass is 19.1. The maximum Gasteiger partial charge on any atom is 0.271 e. The van der Waals surface area contributed by atoms with Crippen LogP contribution in [0, 0.1) is 5.82 Å². The van der Waals surface area contributed by atoms with Crippen LogP contribution in [0.4, 0.5) is 4.39 Å². The zero-order chi connectivity index (χ0) is 20.9. The monoisotopic (exact) mass is 409 g/mol. The molecule has 2 aromatic rings. The van der Waals surface area contributed by atoms with Gasteiger partial charge in [0.15, 0.2) is 0 Å². The third-order valence-electron chi connectivity index (χ3n) is 5.88. The molecule has 1 atom stereocenters. The summed E-state index contributed by atoms with van der Waals surface area (Å²) >= 11 is 0. The second-order valence-electron chi connectivity index (χ2n) is 8.03. The standard InChI is InChI=1S/C24H28FN3O2/c1-27-17-22(18-7-3-2-4-8-18)23(26-27)24(29)28(20-9-5-10-20)15-6-16-30-21-13-11-19(25)12-14-21/h2-4,7-8,11-14,20,22H,5-6,9-10,15-17H2,1H3. The molecule has 0 aromatic heterocycles. The average Bonchev–Trinajstić information content (AvgIpc) is 3.12. The van der Waals surface area contributed by atoms with Crippen LogP contribution < -0.4 is 4.74 Å². The van der Waals surface area contributed by atoms with E-state index in [0.717, 1.165) is 37.8 Å². The van der Waals surface area contributed by atoms with E-state index in [0.29, 0.717) is 24.6 Å². The van der Waals surface area contributed by atoms with Gasteiger partial charge in [-0.15, -0.1) is 0 Å². The summed E-state index contributed by atoms with van der Waals surface area (Å²) in [6.07, 6.45) is 3.97. The highest BCUT2D eigenvalue weighted by Gasteiger charge is 2.37. The van der Waals surface area contributed by atoms with Crippen molar-refractivity contribution in [2.24, 2.45) is 5.10 Å². The number of benzene rings is 2. The van der Waals surface area contributed by atoms with Crippen molar-refractivity contribution >= 4 is 11.6 Å². The first-order valence-corrected chi connectivity index (χ1v) is 10.7. The summed E-state index contributed by atoms with van der Waals surface area (Å²) in [6, 6.07) is 16.4. The predicted molar refractivity (Wildman–Crippen MR) is 115 cm³/mol. The van der Waals surface area contributed by atoms with Gasteiger partial charge in [-0.1, -0.05) is 30.3 Å². The molecule has 1 amide bonds. The minimum atomic E-state index is -0.278. The number of likely N-dealkylation sites (N-methyl/N-ethyl adjacent to an activating group) is 1. The molecule has 5 nitrogen and oxygen atoms in total. The van der Waals surface area contributed by atoms with Gasteiger partial charge >= 0.3 is 0 Å². The van der Waals surface area contributed by atoms with Crippen molar-refractivity contribution in [1.82, 2.24) is 9.91 Å². The SMILES string of the molecule is CN1CC(c2ccccc2)C(C(=O)N(CCCOc2ccc(F)cc2)C2CCC2)=N1. The summed E-state index contributed by atoms with van der Waals surface area (Å²) in [5.41, 5.74) is 1.76. The zero-order valence-electron chi connectivity index (χ0n) is 17.3. The zero-order valence-corrected chi connectivity index (χ0v) is 17.3. The second kappa shape index (κ2) is 9.28. The van der Waals surface area contributed by atoms with Crippen LogP contribution in [0.3, 0.4) is 0 Å². The fourth-order valence-electron chi connectivity index (χ4n) is 4.04. The average molecular weight is 410 g/mol. The molecule has 1 aliphatic carbocycles. The minimum absolute atomic E-state index is 0.00161. The molecule has 1 aliphatic heterocycles. The number of rotatable bonds is 8. The third-order valence-corrected chi connectivity index (χ3v) is 5.88. The molecule has 158 valence electrons. The van der Waals surface area contributed by atoms with Gasteiger partial charge in [0.05, 0.1) is 12.5 Å². The van der Waals surface area contributed by atoms with E-state index < -0.39 is 0 Å². The summed E-state index contributed by atoms with van der Waals surface area (Å²) in [5, 5.41) is 6.45. The smallest absolute Gasteiger partial charge is 0.271 e. The summed E-state index contributed by atoms with van der Waals surface area (Å²) in [6.45, 7) is 1.84. The molecule has 0 spiro atoms. The van der Waals surface area contributed by atoms with Crippen molar-refractivity contribution in [1.29, 1.82) is 0 Å². The first-order valence-electron chi connectivity index (χ1n) is 10.7. The summed E-state index contributed by atoms with van der Waals surface area (Å²) in [5.74, 6) is 0.407. The molecule has 0 saturated heterocycles. The number of ether oxygens (including phenoxy) is 1. The Morgan fingerprint density at radius 2 is 1.90 bits per heavy atom. The van der Waals surface area contributed by atoms with Gasteiger partial charge in [0, 0.05) is 26.2 Å². The van der Waals surface area contributed by atoms with E-state index in [-0.39, 0.29) is 23.7 Å². The summed E-state index contributed by atoms with van der Waals surface area (Å²) in [7, 11) is 1.92. The minimum Gasteiger partial charge on any atom is -0.494 e. The molecule has 0 radical (unpaired) electrons. The predicted octanol–water partition coefficient (Wildman–Crippen LogP) is 4.06. The molecule has 4 rings (SSSR count). The molecule has 1 fully saturated rings. The number of hydrogen-bond acceptors (Lipinski definition) is 4. The Labute approximate surface area is 177 Å². The van der Waals surface area contributed by atoms with Gasteiger partial charge in [-0.25, -0.2) is 4.39 Å². The number of amides is 1. The van der Waals surface area contributed by atoms with Crippen molar-refractivity contribution in [2.75, 3.05) is 26.7 Å². The van der Waals surface area contributed by atoms with Gasteiger partial charge < -0.3 is 9.64 Å². The molecular formula is C24H28FN3O2. The Hall–Kier alpha value is -2.89. The third kappa shape index (κ3) is 4.64. The van der Waals surface area contributed by atoms with E-state index in [4.69, 9.17) is 4.74 Å². The van der Waals surface area contributed by atoms with Crippen molar-refractivity contribution in [3.63, 3.8) is 0 Å². The molecule has 1 unspecified atom stereocenters. The number of halogens is 1. The number of carbonyl (C=O) groups is 1. The highest BCUT2D eigenvalue weighted by molar-refractivity contribution is 6.41. The van der Waals surface area contributed by atoms with Gasteiger partial charge in [0.2, 0.25) is 0 Å². The van der Waals surface area contributed by atoms with Crippen LogP contribution in [0.25, 0.3) is 0 Å². The van der Waals surface area contributed by atoms with Crippen LogP contribution in [0.5, 0.6) is 5.75 Å². The van der Waals surface area contributed by atoms with E-state index in [1.807, 2.05) is 35.2 Å².